The van der Waals surface area contributed by atoms with Gasteiger partial charge in [0.25, 0.3) is 0 Å². The number of carboxylic acid groups (broad SMARTS) is 2. The first-order valence-corrected chi connectivity index (χ1v) is 15.9. The topological polar surface area (TPSA) is 235 Å². The summed E-state index contributed by atoms with van der Waals surface area (Å²) in [5, 5.41) is 44.3. The van der Waals surface area contributed by atoms with Crippen molar-refractivity contribution in [2.45, 2.75) is 78.4 Å². The zero-order chi connectivity index (χ0) is 36.7. The van der Waals surface area contributed by atoms with Crippen molar-refractivity contribution < 1.29 is 44.1 Å². The molecule has 0 spiro atoms. The molecule has 2 rings (SSSR count). The van der Waals surface area contributed by atoms with Gasteiger partial charge in [0.15, 0.2) is 0 Å². The zero-order valence-corrected chi connectivity index (χ0v) is 28.5. The van der Waals surface area contributed by atoms with Crippen LogP contribution in [0.1, 0.15) is 59.4 Å². The van der Waals surface area contributed by atoms with Gasteiger partial charge in [-0.25, -0.2) is 14.4 Å². The normalized spacial score (nSPS) is 13.0. The van der Waals surface area contributed by atoms with E-state index in [-0.39, 0.29) is 55.9 Å². The van der Waals surface area contributed by atoms with Crippen LogP contribution in [0.3, 0.4) is 0 Å². The number of nitrogens with one attached hydrogen (secondary N) is 6. The SMILES string of the molecule is CC(C)CC(NC(=O)Cc1ccc(NC(=O)Nc2ccc(O)cc2)cc1)C(=O)NC(CCNCC(NC(=O)CC(C)(C)C)C(=O)O)C(=O)O. The van der Waals surface area contributed by atoms with Gasteiger partial charge in [0, 0.05) is 24.3 Å². The maximum absolute atomic E-state index is 13.1. The molecule has 0 heterocycles. The number of carboxylic acids is 2. The molecule has 15 nitrogen and oxygen atoms in total. The fourth-order valence-electron chi connectivity index (χ4n) is 4.63. The molecule has 0 fully saturated rings. The summed E-state index contributed by atoms with van der Waals surface area (Å²) in [6.07, 6.45) is 0.214. The molecule has 0 aromatic heterocycles. The molecule has 0 aliphatic rings. The second-order valence-corrected chi connectivity index (χ2v) is 13.3. The Kier molecular flexibility index (Phi) is 15.5. The third kappa shape index (κ3) is 16.0. The minimum atomic E-state index is -1.32. The molecule has 0 radical (unpaired) electrons. The van der Waals surface area contributed by atoms with Crippen molar-refractivity contribution >= 4 is 47.1 Å². The number of benzene rings is 2. The summed E-state index contributed by atoms with van der Waals surface area (Å²) in [5.74, 6) is -4.05. The summed E-state index contributed by atoms with van der Waals surface area (Å²) < 4.78 is 0. The molecule has 0 aliphatic carbocycles. The van der Waals surface area contributed by atoms with Crippen molar-refractivity contribution in [1.29, 1.82) is 0 Å². The van der Waals surface area contributed by atoms with Gasteiger partial charge in [-0.2, -0.15) is 0 Å². The number of phenols is 1. The average Bonchev–Trinajstić information content (AvgIpc) is 2.98. The number of carbonyl (C=O) groups is 6. The lowest BCUT2D eigenvalue weighted by Gasteiger charge is -2.23. The first kappa shape index (κ1) is 40.0. The summed E-state index contributed by atoms with van der Waals surface area (Å²) in [7, 11) is 0. The van der Waals surface area contributed by atoms with E-state index < -0.39 is 53.8 Å². The molecule has 49 heavy (non-hydrogen) atoms. The zero-order valence-electron chi connectivity index (χ0n) is 28.5. The number of aromatic hydroxyl groups is 1. The van der Waals surface area contributed by atoms with Crippen molar-refractivity contribution in [3.63, 3.8) is 0 Å². The Balaban J connectivity index is 1.91. The number of urea groups is 1. The number of hydrogen-bond donors (Lipinski definition) is 9. The minimum absolute atomic E-state index is 0.0134. The summed E-state index contributed by atoms with van der Waals surface area (Å²) in [4.78, 5) is 74.0. The van der Waals surface area contributed by atoms with Gasteiger partial charge in [-0.1, -0.05) is 46.8 Å². The number of hydrogen-bond acceptors (Lipinski definition) is 8. The van der Waals surface area contributed by atoms with E-state index in [1.54, 1.807) is 36.4 Å². The average molecular weight is 685 g/mol. The van der Waals surface area contributed by atoms with Crippen LogP contribution in [0.5, 0.6) is 5.75 Å². The van der Waals surface area contributed by atoms with E-state index in [0.29, 0.717) is 16.9 Å². The highest BCUT2D eigenvalue weighted by molar-refractivity contribution is 5.99. The Hall–Kier alpha value is -5.18. The van der Waals surface area contributed by atoms with Gasteiger partial charge < -0.3 is 47.2 Å². The summed E-state index contributed by atoms with van der Waals surface area (Å²) in [6, 6.07) is 8.42. The third-order valence-corrected chi connectivity index (χ3v) is 6.96. The fraction of sp³-hybridized carbons (Fsp3) is 0.471. The molecule has 0 saturated carbocycles. The molecule has 5 amide bonds. The largest absolute Gasteiger partial charge is 0.508 e. The molecule has 3 atom stereocenters. The first-order chi connectivity index (χ1) is 22.9. The van der Waals surface area contributed by atoms with Crippen molar-refractivity contribution in [2.75, 3.05) is 23.7 Å². The van der Waals surface area contributed by atoms with E-state index >= 15 is 0 Å². The lowest BCUT2D eigenvalue weighted by atomic mass is 9.92. The number of phenolic OH excluding ortho intramolecular Hbond substituents is 1. The quantitative estimate of drug-likeness (QED) is 0.0822. The van der Waals surface area contributed by atoms with Crippen LogP contribution in [-0.2, 0) is 30.4 Å². The molecular formula is C34H48N6O9. The van der Waals surface area contributed by atoms with E-state index in [4.69, 9.17) is 0 Å². The number of aliphatic carboxylic acids is 2. The van der Waals surface area contributed by atoms with Gasteiger partial charge in [-0.3, -0.25) is 14.4 Å². The number of amides is 5. The van der Waals surface area contributed by atoms with Crippen LogP contribution in [0.4, 0.5) is 16.2 Å². The van der Waals surface area contributed by atoms with Crippen LogP contribution in [-0.4, -0.2) is 82.2 Å². The van der Waals surface area contributed by atoms with Crippen molar-refractivity contribution in [3.05, 3.63) is 54.1 Å². The molecule has 3 unspecified atom stereocenters. The fourth-order valence-corrected chi connectivity index (χ4v) is 4.63. The van der Waals surface area contributed by atoms with Crippen molar-refractivity contribution in [1.82, 2.24) is 21.3 Å². The molecule has 0 aliphatic heterocycles. The summed E-state index contributed by atoms with van der Waals surface area (Å²) in [5.41, 5.74) is 1.23. The molecule has 0 bridgehead atoms. The van der Waals surface area contributed by atoms with Crippen LogP contribution in [0.25, 0.3) is 0 Å². The number of carbonyl (C=O) groups excluding carboxylic acids is 4. The van der Waals surface area contributed by atoms with Gasteiger partial charge in [0.05, 0.1) is 6.42 Å². The Morgan fingerprint density at radius 3 is 1.76 bits per heavy atom. The highest BCUT2D eigenvalue weighted by atomic mass is 16.4. The Bertz CT molecular complexity index is 1440. The molecule has 9 N–H and O–H groups in total. The van der Waals surface area contributed by atoms with Crippen LogP contribution >= 0.6 is 0 Å². The lowest BCUT2D eigenvalue weighted by molar-refractivity contribution is -0.143. The Morgan fingerprint density at radius 2 is 1.24 bits per heavy atom. The van der Waals surface area contributed by atoms with E-state index in [1.807, 2.05) is 34.6 Å². The first-order valence-electron chi connectivity index (χ1n) is 15.9. The van der Waals surface area contributed by atoms with E-state index in [9.17, 15) is 44.1 Å². The molecule has 0 saturated heterocycles. The molecular weight excluding hydrogens is 636 g/mol. The second-order valence-electron chi connectivity index (χ2n) is 13.3. The Morgan fingerprint density at radius 1 is 0.714 bits per heavy atom. The standard InChI is InChI=1S/C34H48N6O9/c1-20(2)16-26(30(44)40-25(31(45)46)14-15-35-19-27(32(47)48)39-29(43)18-34(3,4)5)38-28(42)17-21-6-8-22(9-7-21)36-33(49)37-23-10-12-24(41)13-11-23/h6-13,20,25-27,35,41H,14-19H2,1-5H3,(H,38,42)(H,39,43)(H,40,44)(H,45,46)(H,47,48)(H2,36,37,49). The second kappa shape index (κ2) is 19.0. The monoisotopic (exact) mass is 684 g/mol. The molecule has 15 heteroatoms. The van der Waals surface area contributed by atoms with Gasteiger partial charge in [0.2, 0.25) is 17.7 Å². The maximum atomic E-state index is 13.1. The van der Waals surface area contributed by atoms with Crippen LogP contribution in [0, 0.1) is 11.3 Å². The number of rotatable bonds is 18. The summed E-state index contributed by atoms with van der Waals surface area (Å²) >= 11 is 0. The number of anilines is 2. The summed E-state index contributed by atoms with van der Waals surface area (Å²) in [6.45, 7) is 9.14. The smallest absolute Gasteiger partial charge is 0.327 e. The predicted molar refractivity (Wildman–Crippen MR) is 183 cm³/mol. The van der Waals surface area contributed by atoms with Crippen molar-refractivity contribution in [2.24, 2.45) is 11.3 Å². The van der Waals surface area contributed by atoms with Gasteiger partial charge in [0.1, 0.15) is 23.9 Å². The lowest BCUT2D eigenvalue weighted by Crippen LogP contribution is -2.53. The highest BCUT2D eigenvalue weighted by Crippen LogP contribution is 2.18. The molecule has 2 aromatic rings. The molecule has 2 aromatic carbocycles. The minimum Gasteiger partial charge on any atom is -0.508 e. The molecule has 268 valence electrons. The van der Waals surface area contributed by atoms with Crippen LogP contribution in [0.2, 0.25) is 0 Å². The van der Waals surface area contributed by atoms with Gasteiger partial charge in [-0.15, -0.1) is 0 Å². The van der Waals surface area contributed by atoms with E-state index in [1.165, 1.54) is 12.1 Å². The van der Waals surface area contributed by atoms with Gasteiger partial charge >= 0.3 is 18.0 Å². The van der Waals surface area contributed by atoms with Crippen molar-refractivity contribution in [3.8, 4) is 5.75 Å². The highest BCUT2D eigenvalue weighted by Gasteiger charge is 2.28. The van der Waals surface area contributed by atoms with Crippen LogP contribution < -0.4 is 31.9 Å². The van der Waals surface area contributed by atoms with Crippen LogP contribution in [0.15, 0.2) is 48.5 Å². The predicted octanol–water partition coefficient (Wildman–Crippen LogP) is 2.66. The third-order valence-electron chi connectivity index (χ3n) is 6.96. The maximum Gasteiger partial charge on any atom is 0.327 e. The van der Waals surface area contributed by atoms with E-state index in [2.05, 4.69) is 31.9 Å². The Labute approximate surface area is 285 Å². The van der Waals surface area contributed by atoms with E-state index in [0.717, 1.165) is 0 Å². The van der Waals surface area contributed by atoms with Gasteiger partial charge in [-0.05, 0) is 72.7 Å².